The van der Waals surface area contributed by atoms with Gasteiger partial charge in [-0.3, -0.25) is 33.8 Å². The predicted molar refractivity (Wildman–Crippen MR) is 526 cm³/mol. The minimum Gasteiger partial charge on any atom is -0.481 e. The average Bonchev–Trinajstić information content (AvgIpc) is 1.67. The molecule has 40 atom stereocenters. The molecule has 133 heavy (non-hydrogen) atoms. The van der Waals surface area contributed by atoms with E-state index in [1.54, 1.807) is 13.8 Å². The van der Waals surface area contributed by atoms with Gasteiger partial charge in [0.2, 0.25) is 0 Å². The van der Waals surface area contributed by atoms with E-state index in [-0.39, 0.29) is 158 Å². The van der Waals surface area contributed by atoms with Crippen molar-refractivity contribution in [1.82, 2.24) is 0 Å². The third kappa shape index (κ3) is 13.2. The summed E-state index contributed by atoms with van der Waals surface area (Å²) in [4.78, 5) is 81.0. The number of aliphatic hydroxyl groups excluding tert-OH is 4. The highest BCUT2D eigenvalue weighted by atomic mass is 16.4. The molecule has 20 saturated carbocycles. The lowest BCUT2D eigenvalue weighted by molar-refractivity contribution is -0.248. The number of Topliss-reactive ketones (excluding diaryl/α,β-unsaturated/α-hetero) is 2. The molecule has 0 amide bonds. The summed E-state index contributed by atoms with van der Waals surface area (Å²) in [6.45, 7) is 61.0. The molecule has 20 aliphatic carbocycles. The molecule has 0 aromatic rings. The average molecular weight is 1850 g/mol. The molecule has 20 fully saturated rings. The Bertz CT molecular complexity index is 4280. The fourth-order valence-electron chi connectivity index (χ4n) is 45.9. The molecule has 8 N–H and O–H groups in total. The SMILES string of the molecule is C=C(C)[C@@H]1CC[C@]2(C(=O)O)CC[C@]3(C)C(CCC4[C@@]5(C)CC[C@H](O)C(C)(C)C5CC[C@]43C)C12.CC(=O)[C@@H]1CC[C@]2(C(=O)O)CC[C@]3(C)C(CCC4[C@@]5(C)CC[C@H](O)C(C)(C)C5CC[C@]43C)C12.CC(=O)[C@@H]1CC[C@]2(C(=O)O)CC[C@]3(C)C(CCC4[C@@]5(C)CC[C@H](O)C(C)(C)C5CC[C@]43C)C12.CN=C(C)[C@@H]1CC[C@]2(C(=O)O)CC[C@]3(C)C(CCC4[C@@]5(C)CC[C@H](O)C(C)(C)C5CC[C@]43C)C12. The highest BCUT2D eigenvalue weighted by Gasteiger charge is 2.79. The number of nitrogens with zero attached hydrogens (tertiary/aromatic N) is 1. The van der Waals surface area contributed by atoms with Crippen LogP contribution in [0, 0.1) is 227 Å². The van der Waals surface area contributed by atoms with Crippen LogP contribution in [0.2, 0.25) is 0 Å². The number of fused-ring (bicyclic) bond motifs is 28. The third-order valence-corrected chi connectivity index (χ3v) is 53.9. The summed E-state index contributed by atoms with van der Waals surface area (Å²) in [7, 11) is 1.89. The lowest BCUT2D eigenvalue weighted by atomic mass is 9.32. The zero-order chi connectivity index (χ0) is 97.5. The van der Waals surface area contributed by atoms with Crippen LogP contribution in [0.15, 0.2) is 17.1 Å². The zero-order valence-electron chi connectivity index (χ0n) is 88.3. The molecular weight excluding hydrogens is 1660 g/mol. The summed E-state index contributed by atoms with van der Waals surface area (Å²) < 4.78 is 0. The van der Waals surface area contributed by atoms with Crippen LogP contribution < -0.4 is 0 Å². The number of hydrogen-bond donors (Lipinski definition) is 8. The number of aliphatic hydroxyl groups is 4. The van der Waals surface area contributed by atoms with E-state index >= 15 is 0 Å². The van der Waals surface area contributed by atoms with Crippen molar-refractivity contribution >= 4 is 41.2 Å². The van der Waals surface area contributed by atoms with Gasteiger partial charge in [0.15, 0.2) is 0 Å². The van der Waals surface area contributed by atoms with Crippen LogP contribution in [0.1, 0.15) is 423 Å². The molecule has 0 bridgehead atoms. The van der Waals surface area contributed by atoms with Crippen molar-refractivity contribution in [3.05, 3.63) is 12.2 Å². The summed E-state index contributed by atoms with van der Waals surface area (Å²) in [5.41, 5.74) is 2.04. The van der Waals surface area contributed by atoms with E-state index in [0.29, 0.717) is 95.7 Å². The number of carbonyl (C=O) groups excluding carboxylic acids is 2. The maximum atomic E-state index is 12.8. The molecule has 0 aromatic carbocycles. The second kappa shape index (κ2) is 32.5. The Morgan fingerprint density at radius 3 is 0.662 bits per heavy atom. The van der Waals surface area contributed by atoms with E-state index in [1.807, 2.05) is 7.05 Å². The van der Waals surface area contributed by atoms with Gasteiger partial charge in [-0.05, 0) is 472 Å². The van der Waals surface area contributed by atoms with Gasteiger partial charge in [-0.1, -0.05) is 151 Å². The van der Waals surface area contributed by atoms with E-state index in [4.69, 9.17) is 0 Å². The number of aliphatic imine (C=N–C) groups is 1. The molecule has 15 nitrogen and oxygen atoms in total. The van der Waals surface area contributed by atoms with Crippen molar-refractivity contribution in [2.45, 2.75) is 447 Å². The standard InChI is InChI=1S/C30H49NO3.C30H48O3.2C29H46O4/c1-18(31-7)19-10-15-30(25(33)34)17-16-28(5)20(24(19)30)8-9-22-27(4)13-12-23(32)26(2,3)21(27)11-14-29(22,28)6;1-18(2)19-10-15-30(25(32)33)17-16-28(6)20(24(19)30)8-9-22-27(5)13-12-23(31)26(3,4)21(27)11-14-29(22,28)7;2*1-17(30)18-9-14-29(24(32)33)16-15-27(5)19(23(18)29)7-8-21-26(4)12-11-22(31)25(2,3)20(26)10-13-28(21,27)6/h19-24,32H,8-17H2,1-7H3,(H,33,34);19-24,31H,1,8-17H2,2-7H3,(H,32,33);2*18-23,31H,7-16H2,1-6H3,(H,32,33)/t2*19-,20?,21?,22?,23-,24?,27-,28+,29+,30-;2*18-,19?,20?,21?,22-,23?,26-,27+,28+,29-/m0000/s1. The van der Waals surface area contributed by atoms with Crippen LogP contribution in [-0.2, 0) is 28.8 Å². The monoisotopic (exact) mass is 1840 g/mol. The van der Waals surface area contributed by atoms with Crippen LogP contribution in [0.25, 0.3) is 0 Å². The minimum atomic E-state index is -0.693. The van der Waals surface area contributed by atoms with Gasteiger partial charge >= 0.3 is 23.9 Å². The maximum absolute atomic E-state index is 12.8. The Balaban J connectivity index is 0.000000124. The van der Waals surface area contributed by atoms with Crippen molar-refractivity contribution in [2.24, 2.45) is 232 Å². The van der Waals surface area contributed by atoms with Gasteiger partial charge in [-0.15, -0.1) is 0 Å². The molecule has 20 aliphatic rings. The first-order valence-electron chi connectivity index (χ1n) is 55.3. The van der Waals surface area contributed by atoms with Gasteiger partial charge in [-0.25, -0.2) is 0 Å². The number of allylic oxidation sites excluding steroid dienone is 1. The maximum Gasteiger partial charge on any atom is 0.309 e. The van der Waals surface area contributed by atoms with Crippen LogP contribution in [0.3, 0.4) is 0 Å². The Hall–Kier alpha value is -3.53. The molecule has 0 heterocycles. The topological polar surface area (TPSA) is 277 Å². The molecule has 0 spiro atoms. The van der Waals surface area contributed by atoms with Gasteiger partial charge in [0.05, 0.1) is 46.1 Å². The summed E-state index contributed by atoms with van der Waals surface area (Å²) >= 11 is 0. The fourth-order valence-corrected chi connectivity index (χ4v) is 45.9. The van der Waals surface area contributed by atoms with Gasteiger partial charge in [0.1, 0.15) is 11.6 Å². The lowest BCUT2D eigenvalue weighted by Gasteiger charge is -2.72. The summed E-state index contributed by atoms with van der Waals surface area (Å²) in [6, 6.07) is 0. The van der Waals surface area contributed by atoms with Crippen LogP contribution >= 0.6 is 0 Å². The number of carboxylic acids is 4. The van der Waals surface area contributed by atoms with Crippen molar-refractivity contribution in [2.75, 3.05) is 7.05 Å². The molecule has 0 radical (unpaired) electrons. The van der Waals surface area contributed by atoms with Gasteiger partial charge < -0.3 is 40.9 Å². The number of hydrogen-bond acceptors (Lipinski definition) is 11. The van der Waals surface area contributed by atoms with E-state index in [2.05, 4.69) is 164 Å². The largest absolute Gasteiger partial charge is 0.481 e. The predicted octanol–water partition coefficient (Wildman–Crippen LogP) is 25.9. The fraction of sp³-hybridized carbons (Fsp3) is 0.924. The zero-order valence-corrected chi connectivity index (χ0v) is 88.3. The normalized spacial score (nSPS) is 54.8. The first kappa shape index (κ1) is 101. The molecule has 0 saturated heterocycles. The van der Waals surface area contributed by atoms with Gasteiger partial charge in [0, 0.05) is 30.5 Å². The van der Waals surface area contributed by atoms with Crippen LogP contribution in [0.5, 0.6) is 0 Å². The van der Waals surface area contributed by atoms with E-state index in [0.717, 1.165) is 186 Å². The number of rotatable bonds is 8. The van der Waals surface area contributed by atoms with Crippen LogP contribution in [0.4, 0.5) is 0 Å². The number of carboxylic acid groups (broad SMARTS) is 4. The molecular formula is C118H189NO14. The van der Waals surface area contributed by atoms with E-state index in [1.165, 1.54) is 69.1 Å². The number of ketones is 2. The second-order valence-electron chi connectivity index (χ2n) is 57.6. The van der Waals surface area contributed by atoms with Gasteiger partial charge in [-0.2, -0.15) is 0 Å². The Morgan fingerprint density at radius 2 is 0.451 bits per heavy atom. The summed E-state index contributed by atoms with van der Waals surface area (Å²) in [5, 5.41) is 85.4. The molecule has 0 aliphatic heterocycles. The van der Waals surface area contributed by atoms with Crippen LogP contribution in [-0.4, -0.2) is 113 Å². The van der Waals surface area contributed by atoms with Crippen molar-refractivity contribution < 1.29 is 69.6 Å². The summed E-state index contributed by atoms with van der Waals surface area (Å²) in [5.74, 6) is 5.35. The second-order valence-corrected chi connectivity index (χ2v) is 57.6. The number of carbonyl (C=O) groups is 6. The third-order valence-electron chi connectivity index (χ3n) is 53.9. The Kier molecular flexibility index (Phi) is 24.7. The molecule has 20 rings (SSSR count). The Labute approximate surface area is 804 Å². The smallest absolute Gasteiger partial charge is 0.309 e. The van der Waals surface area contributed by atoms with Crippen molar-refractivity contribution in [3.8, 4) is 0 Å². The number of aliphatic carboxylic acids is 4. The molecule has 0 aromatic heterocycles. The van der Waals surface area contributed by atoms with E-state index in [9.17, 15) is 69.6 Å². The highest BCUT2D eigenvalue weighted by Crippen LogP contribution is 2.84. The molecule has 15 heteroatoms. The highest BCUT2D eigenvalue weighted by molar-refractivity contribution is 5.88. The first-order valence-corrected chi connectivity index (χ1v) is 55.3. The molecule has 750 valence electrons. The first-order chi connectivity index (χ1) is 61.6. The minimum absolute atomic E-state index is 0.000765. The lowest BCUT2D eigenvalue weighted by Crippen LogP contribution is -2.67. The quantitative estimate of drug-likeness (QED) is 0.0829. The summed E-state index contributed by atoms with van der Waals surface area (Å²) in [6.07, 6.45) is 39.7. The van der Waals surface area contributed by atoms with Crippen molar-refractivity contribution in [1.29, 1.82) is 0 Å². The molecule has 16 unspecified atom stereocenters. The van der Waals surface area contributed by atoms with Gasteiger partial charge in [0.25, 0.3) is 0 Å². The van der Waals surface area contributed by atoms with E-state index < -0.39 is 45.5 Å². The van der Waals surface area contributed by atoms with Crippen molar-refractivity contribution in [3.63, 3.8) is 0 Å². The Morgan fingerprint density at radius 1 is 0.241 bits per heavy atom.